The maximum absolute atomic E-state index is 11.3. The van der Waals surface area contributed by atoms with Gasteiger partial charge in [-0.05, 0) is 31.5 Å². The molecule has 0 aliphatic heterocycles. The molecule has 0 saturated carbocycles. The van der Waals surface area contributed by atoms with E-state index in [9.17, 15) is 4.79 Å². The number of H-pyrrole nitrogens is 1. The van der Waals surface area contributed by atoms with E-state index in [4.69, 9.17) is 10.2 Å². The Hall–Kier alpha value is -2.69. The van der Waals surface area contributed by atoms with E-state index in [1.54, 1.807) is 6.07 Å². The molecule has 5 nitrogen and oxygen atoms in total. The van der Waals surface area contributed by atoms with Gasteiger partial charge in [-0.2, -0.15) is 0 Å². The number of oxazole rings is 1. The van der Waals surface area contributed by atoms with Gasteiger partial charge in [0, 0.05) is 18.8 Å². The topological polar surface area (TPSA) is 75.3 Å². The molecule has 3 aromatic rings. The first-order valence-corrected chi connectivity index (χ1v) is 6.69. The van der Waals surface area contributed by atoms with Crippen LogP contribution in [0.3, 0.4) is 0 Å². The van der Waals surface area contributed by atoms with Crippen molar-refractivity contribution >= 4 is 28.2 Å². The van der Waals surface area contributed by atoms with Crippen molar-refractivity contribution in [3.05, 3.63) is 52.0 Å². The van der Waals surface area contributed by atoms with Gasteiger partial charge >= 0.3 is 5.76 Å². The molecule has 3 N–H and O–H groups in total. The quantitative estimate of drug-likeness (QED) is 0.709. The summed E-state index contributed by atoms with van der Waals surface area (Å²) < 4.78 is 5.02. The molecular weight excluding hydrogens is 266 g/mol. The van der Waals surface area contributed by atoms with E-state index < -0.39 is 5.76 Å². The Bertz CT molecular complexity index is 877. The molecule has 108 valence electrons. The van der Waals surface area contributed by atoms with Gasteiger partial charge < -0.3 is 15.1 Å². The fraction of sp³-hybridized carbons (Fsp3) is 0.188. The molecule has 0 saturated heterocycles. The highest BCUT2D eigenvalue weighted by molar-refractivity contribution is 5.88. The van der Waals surface area contributed by atoms with E-state index in [0.717, 1.165) is 16.9 Å². The molecule has 1 aromatic heterocycles. The smallest absolute Gasteiger partial charge is 0.408 e. The van der Waals surface area contributed by atoms with Gasteiger partial charge in [-0.25, -0.2) is 4.79 Å². The second-order valence-corrected chi connectivity index (χ2v) is 5.27. The second kappa shape index (κ2) is 4.70. The summed E-state index contributed by atoms with van der Waals surface area (Å²) in [5.41, 5.74) is 12.0. The Kier molecular flexibility index (Phi) is 2.97. The molecule has 2 aromatic carbocycles. The van der Waals surface area contributed by atoms with Crippen molar-refractivity contribution in [1.82, 2.24) is 4.98 Å². The van der Waals surface area contributed by atoms with Gasteiger partial charge in [-0.15, -0.1) is 0 Å². The number of hydrogen-bond donors (Lipinski definition) is 2. The Morgan fingerprint density at radius 1 is 1.14 bits per heavy atom. The van der Waals surface area contributed by atoms with Gasteiger partial charge in [0.1, 0.15) is 0 Å². The minimum Gasteiger partial charge on any atom is -0.408 e. The highest BCUT2D eigenvalue weighted by atomic mass is 16.4. The van der Waals surface area contributed by atoms with Crippen LogP contribution in [0.25, 0.3) is 11.1 Å². The number of nitrogens with two attached hydrogens (primary N) is 1. The van der Waals surface area contributed by atoms with Gasteiger partial charge in [0.25, 0.3) is 0 Å². The summed E-state index contributed by atoms with van der Waals surface area (Å²) in [6.45, 7) is 4.13. The van der Waals surface area contributed by atoms with Crippen molar-refractivity contribution in [3.63, 3.8) is 0 Å². The van der Waals surface area contributed by atoms with Crippen LogP contribution in [-0.4, -0.2) is 12.0 Å². The first-order chi connectivity index (χ1) is 9.95. The zero-order valence-corrected chi connectivity index (χ0v) is 12.2. The molecule has 3 rings (SSSR count). The molecule has 21 heavy (non-hydrogen) atoms. The van der Waals surface area contributed by atoms with Crippen molar-refractivity contribution in [2.75, 3.05) is 17.7 Å². The van der Waals surface area contributed by atoms with Crippen LogP contribution in [0.5, 0.6) is 0 Å². The number of aromatic nitrogens is 1. The molecule has 0 bridgehead atoms. The zero-order valence-electron chi connectivity index (χ0n) is 12.2. The first kappa shape index (κ1) is 13.3. The van der Waals surface area contributed by atoms with Crippen LogP contribution >= 0.6 is 0 Å². The van der Waals surface area contributed by atoms with Gasteiger partial charge in [-0.1, -0.05) is 17.7 Å². The van der Waals surface area contributed by atoms with Crippen LogP contribution in [0, 0.1) is 13.8 Å². The van der Waals surface area contributed by atoms with E-state index in [1.807, 2.05) is 18.0 Å². The molecule has 0 unspecified atom stereocenters. The first-order valence-electron chi connectivity index (χ1n) is 6.69. The Morgan fingerprint density at radius 2 is 1.90 bits per heavy atom. The van der Waals surface area contributed by atoms with Gasteiger partial charge in [0.05, 0.1) is 16.9 Å². The average molecular weight is 283 g/mol. The normalized spacial score (nSPS) is 11.0. The number of nitrogens with zero attached hydrogens (tertiary/aromatic N) is 1. The fourth-order valence-electron chi connectivity index (χ4n) is 2.60. The summed E-state index contributed by atoms with van der Waals surface area (Å²) in [5, 5.41) is 0. The highest BCUT2D eigenvalue weighted by Gasteiger charge is 2.13. The Balaban J connectivity index is 2.14. The highest BCUT2D eigenvalue weighted by Crippen LogP contribution is 2.33. The van der Waals surface area contributed by atoms with Crippen LogP contribution in [0.1, 0.15) is 11.1 Å². The van der Waals surface area contributed by atoms with Crippen LogP contribution in [-0.2, 0) is 0 Å². The molecule has 1 heterocycles. The Labute approximate surface area is 122 Å². The number of aryl methyl sites for hydroxylation is 2. The van der Waals surface area contributed by atoms with E-state index in [0.29, 0.717) is 16.8 Å². The van der Waals surface area contributed by atoms with Crippen LogP contribution < -0.4 is 16.4 Å². The van der Waals surface area contributed by atoms with Crippen molar-refractivity contribution in [2.24, 2.45) is 0 Å². The van der Waals surface area contributed by atoms with Gasteiger partial charge in [0.15, 0.2) is 5.58 Å². The van der Waals surface area contributed by atoms with E-state index >= 15 is 0 Å². The SMILES string of the molecule is Cc1ccc(N(C)c2cc3[nH]c(=O)oc3cc2N)c(C)c1. The second-order valence-electron chi connectivity index (χ2n) is 5.27. The van der Waals surface area contributed by atoms with E-state index in [-0.39, 0.29) is 0 Å². The number of fused-ring (bicyclic) bond motifs is 1. The number of aromatic amines is 1. The molecule has 0 aliphatic rings. The molecule has 0 aliphatic carbocycles. The largest absolute Gasteiger partial charge is 0.417 e. The summed E-state index contributed by atoms with van der Waals surface area (Å²) in [4.78, 5) is 15.9. The van der Waals surface area contributed by atoms with Crippen molar-refractivity contribution < 1.29 is 4.42 Å². The number of hydrogen-bond acceptors (Lipinski definition) is 4. The number of nitrogen functional groups attached to an aromatic ring is 1. The average Bonchev–Trinajstić information content (AvgIpc) is 2.76. The predicted octanol–water partition coefficient (Wildman–Crippen LogP) is 3.09. The summed E-state index contributed by atoms with van der Waals surface area (Å²) in [6.07, 6.45) is 0. The third-order valence-electron chi connectivity index (χ3n) is 3.64. The third-order valence-corrected chi connectivity index (χ3v) is 3.64. The van der Waals surface area contributed by atoms with Gasteiger partial charge in [0.2, 0.25) is 0 Å². The molecular formula is C16H17N3O2. The van der Waals surface area contributed by atoms with Crippen LogP contribution in [0.2, 0.25) is 0 Å². The van der Waals surface area contributed by atoms with Crippen molar-refractivity contribution in [2.45, 2.75) is 13.8 Å². The minimum absolute atomic E-state index is 0.468. The summed E-state index contributed by atoms with van der Waals surface area (Å²) in [6, 6.07) is 9.75. The number of benzene rings is 2. The molecule has 0 atom stereocenters. The number of rotatable bonds is 2. The third kappa shape index (κ3) is 2.27. The fourth-order valence-corrected chi connectivity index (χ4v) is 2.60. The Morgan fingerprint density at radius 3 is 2.62 bits per heavy atom. The maximum Gasteiger partial charge on any atom is 0.417 e. The summed E-state index contributed by atoms with van der Waals surface area (Å²) >= 11 is 0. The lowest BCUT2D eigenvalue weighted by Gasteiger charge is -2.23. The number of nitrogens with one attached hydrogen (secondary N) is 1. The van der Waals surface area contributed by atoms with Crippen molar-refractivity contribution in [3.8, 4) is 0 Å². The molecule has 0 radical (unpaired) electrons. The minimum atomic E-state index is -0.476. The van der Waals surface area contributed by atoms with E-state index in [1.165, 1.54) is 5.56 Å². The molecule has 0 fully saturated rings. The summed E-state index contributed by atoms with van der Waals surface area (Å²) in [7, 11) is 1.95. The van der Waals surface area contributed by atoms with Gasteiger partial charge in [-0.3, -0.25) is 4.98 Å². The summed E-state index contributed by atoms with van der Waals surface area (Å²) in [5.74, 6) is -0.476. The van der Waals surface area contributed by atoms with Crippen LogP contribution in [0.15, 0.2) is 39.5 Å². The number of anilines is 3. The maximum atomic E-state index is 11.3. The monoisotopic (exact) mass is 283 g/mol. The lowest BCUT2D eigenvalue weighted by atomic mass is 10.1. The lowest BCUT2D eigenvalue weighted by Crippen LogP contribution is -2.13. The van der Waals surface area contributed by atoms with E-state index in [2.05, 4.69) is 37.0 Å². The zero-order chi connectivity index (χ0) is 15.1. The molecule has 5 heteroatoms. The lowest BCUT2D eigenvalue weighted by molar-refractivity contribution is 0.555. The predicted molar refractivity (Wildman–Crippen MR) is 85.2 cm³/mol. The molecule has 0 spiro atoms. The molecule has 0 amide bonds. The van der Waals surface area contributed by atoms with Crippen molar-refractivity contribution in [1.29, 1.82) is 0 Å². The van der Waals surface area contributed by atoms with Crippen LogP contribution in [0.4, 0.5) is 17.1 Å². The standard InChI is InChI=1S/C16H17N3O2/c1-9-4-5-13(10(2)6-9)19(3)14-8-12-15(7-11(14)17)21-16(20)18-12/h4-8H,17H2,1-3H3,(H,18,20).